The molecule has 0 amide bonds. The van der Waals surface area contributed by atoms with Crippen LogP contribution in [0.15, 0.2) is 59.5 Å². The Labute approximate surface area is 137 Å². The van der Waals surface area contributed by atoms with Crippen LogP contribution in [0.5, 0.6) is 5.75 Å². The van der Waals surface area contributed by atoms with E-state index in [1.807, 2.05) is 0 Å². The molecule has 0 spiro atoms. The zero-order valence-electron chi connectivity index (χ0n) is 11.9. The maximum atomic E-state index is 13.0. The zero-order chi connectivity index (χ0) is 18.0. The standard InChI is InChI=1S/C12H13NO8P2S/c13-24(18,19)12-9-5-4-8-11(12)22(14,21-23(15,16)17)20-10-6-2-1-3-7-10/h1-9H,(H2,13,18,19)(H2,15,16,17). The normalized spacial score (nSPS) is 14.8. The Hall–Kier alpha value is -1.51. The Morgan fingerprint density at radius 1 is 0.917 bits per heavy atom. The van der Waals surface area contributed by atoms with Gasteiger partial charge in [-0.1, -0.05) is 30.3 Å². The van der Waals surface area contributed by atoms with Gasteiger partial charge in [0.05, 0.1) is 10.2 Å². The van der Waals surface area contributed by atoms with Crippen molar-refractivity contribution in [3.63, 3.8) is 0 Å². The molecule has 24 heavy (non-hydrogen) atoms. The number of primary sulfonamides is 1. The van der Waals surface area contributed by atoms with Gasteiger partial charge in [-0.25, -0.2) is 22.7 Å². The van der Waals surface area contributed by atoms with Crippen molar-refractivity contribution >= 4 is 30.7 Å². The maximum absolute atomic E-state index is 13.0. The molecular formula is C12H13NO8P2S. The van der Waals surface area contributed by atoms with E-state index in [0.717, 1.165) is 12.1 Å². The molecule has 1 atom stereocenters. The first-order valence-corrected chi connectivity index (χ1v) is 10.9. The first-order chi connectivity index (χ1) is 11.0. The summed E-state index contributed by atoms with van der Waals surface area (Å²) in [4.78, 5) is 17.5. The van der Waals surface area contributed by atoms with Crippen LogP contribution in [0.4, 0.5) is 0 Å². The van der Waals surface area contributed by atoms with Crippen molar-refractivity contribution in [1.82, 2.24) is 0 Å². The smallest absolute Gasteiger partial charge is 0.421 e. The number of hydrogen-bond donors (Lipinski definition) is 3. The molecular weight excluding hydrogens is 380 g/mol. The van der Waals surface area contributed by atoms with Gasteiger partial charge in [0.15, 0.2) is 0 Å². The molecule has 4 N–H and O–H groups in total. The molecule has 0 aliphatic carbocycles. The molecule has 0 heterocycles. The highest BCUT2D eigenvalue weighted by Crippen LogP contribution is 2.59. The fourth-order valence-corrected chi connectivity index (χ4v) is 5.86. The van der Waals surface area contributed by atoms with Crippen molar-refractivity contribution in [2.45, 2.75) is 4.90 Å². The number of nitrogens with two attached hydrogens (primary N) is 1. The molecule has 0 aliphatic heterocycles. The van der Waals surface area contributed by atoms with Crippen molar-refractivity contribution in [3.05, 3.63) is 54.6 Å². The quantitative estimate of drug-likeness (QED) is 0.622. The zero-order valence-corrected chi connectivity index (χ0v) is 14.5. The molecule has 1 unspecified atom stereocenters. The van der Waals surface area contributed by atoms with Crippen LogP contribution in [0.25, 0.3) is 0 Å². The number of para-hydroxylation sites is 1. The van der Waals surface area contributed by atoms with E-state index in [9.17, 15) is 17.5 Å². The van der Waals surface area contributed by atoms with Crippen LogP contribution in [0, 0.1) is 0 Å². The number of hydrogen-bond acceptors (Lipinski definition) is 6. The van der Waals surface area contributed by atoms with Crippen molar-refractivity contribution < 1.29 is 36.2 Å². The lowest BCUT2D eigenvalue weighted by molar-refractivity contribution is 0.269. The molecule has 130 valence electrons. The van der Waals surface area contributed by atoms with Gasteiger partial charge in [-0.3, -0.25) is 0 Å². The van der Waals surface area contributed by atoms with Gasteiger partial charge in [0.25, 0.3) is 0 Å². The number of sulfonamides is 1. The molecule has 0 aromatic heterocycles. The summed E-state index contributed by atoms with van der Waals surface area (Å²) in [6.45, 7) is 0. The van der Waals surface area contributed by atoms with Crippen LogP contribution >= 0.6 is 15.4 Å². The fraction of sp³-hybridized carbons (Fsp3) is 0. The van der Waals surface area contributed by atoms with E-state index in [1.165, 1.54) is 36.4 Å². The minimum atomic E-state index is -5.29. The van der Waals surface area contributed by atoms with Crippen LogP contribution in [0.2, 0.25) is 0 Å². The third kappa shape index (κ3) is 4.75. The summed E-state index contributed by atoms with van der Waals surface area (Å²) >= 11 is 0. The van der Waals surface area contributed by atoms with Crippen molar-refractivity contribution in [2.24, 2.45) is 5.14 Å². The molecule has 0 bridgehead atoms. The number of benzene rings is 2. The Morgan fingerprint density at radius 3 is 2.00 bits per heavy atom. The van der Waals surface area contributed by atoms with E-state index in [1.54, 1.807) is 6.07 Å². The molecule has 0 radical (unpaired) electrons. The van der Waals surface area contributed by atoms with E-state index in [4.69, 9.17) is 19.4 Å². The third-order valence-corrected chi connectivity index (χ3v) is 6.91. The SMILES string of the molecule is NS(=O)(=O)c1ccccc1P(=O)(Oc1ccccc1)OP(=O)(O)O. The molecule has 0 saturated heterocycles. The summed E-state index contributed by atoms with van der Waals surface area (Å²) in [5.41, 5.74) is 0. The topological polar surface area (TPSA) is 153 Å². The number of rotatable bonds is 6. The molecule has 12 heteroatoms. The minimum absolute atomic E-state index is 0.0431. The first kappa shape index (κ1) is 18.8. The molecule has 2 aromatic carbocycles. The third-order valence-electron chi connectivity index (χ3n) is 2.65. The summed E-state index contributed by atoms with van der Waals surface area (Å²) in [5.74, 6) is -0.0431. The van der Waals surface area contributed by atoms with Gasteiger partial charge >= 0.3 is 15.4 Å². The van der Waals surface area contributed by atoms with E-state index >= 15 is 0 Å². The Bertz CT molecular complexity index is 925. The van der Waals surface area contributed by atoms with Crippen molar-refractivity contribution in [2.75, 3.05) is 0 Å². The Morgan fingerprint density at radius 2 is 1.46 bits per heavy atom. The second-order valence-corrected chi connectivity index (χ2v) is 9.31. The van der Waals surface area contributed by atoms with Crippen molar-refractivity contribution in [1.29, 1.82) is 0 Å². The van der Waals surface area contributed by atoms with Gasteiger partial charge in [0, 0.05) is 0 Å². The lowest BCUT2D eigenvalue weighted by Crippen LogP contribution is -2.24. The highest BCUT2D eigenvalue weighted by atomic mass is 32.2. The molecule has 0 fully saturated rings. The molecule has 2 aromatic rings. The summed E-state index contributed by atoms with van der Waals surface area (Å²) in [6.07, 6.45) is 0. The van der Waals surface area contributed by atoms with Gasteiger partial charge < -0.3 is 14.3 Å². The van der Waals surface area contributed by atoms with E-state index in [0.29, 0.717) is 0 Å². The first-order valence-electron chi connectivity index (χ1n) is 6.25. The average Bonchev–Trinajstić information content (AvgIpc) is 2.45. The molecule has 2 rings (SSSR count). The predicted octanol–water partition coefficient (Wildman–Crippen LogP) is 1.34. The predicted molar refractivity (Wildman–Crippen MR) is 85.3 cm³/mol. The highest BCUT2D eigenvalue weighted by molar-refractivity contribution is 7.90. The second kappa shape index (κ2) is 6.78. The molecule has 0 saturated carbocycles. The van der Waals surface area contributed by atoms with Crippen LogP contribution in [-0.4, -0.2) is 18.2 Å². The van der Waals surface area contributed by atoms with E-state index < -0.39 is 35.6 Å². The van der Waals surface area contributed by atoms with E-state index in [-0.39, 0.29) is 5.75 Å². The monoisotopic (exact) mass is 393 g/mol. The van der Waals surface area contributed by atoms with Gasteiger partial charge in [-0.15, -0.1) is 0 Å². The van der Waals surface area contributed by atoms with Crippen LogP contribution < -0.4 is 15.0 Å². The van der Waals surface area contributed by atoms with Gasteiger partial charge in [-0.2, -0.15) is 4.31 Å². The largest absolute Gasteiger partial charge is 0.477 e. The summed E-state index contributed by atoms with van der Waals surface area (Å²) in [7, 11) is -14.4. The Balaban J connectivity index is 2.64. The summed E-state index contributed by atoms with van der Waals surface area (Å²) in [5, 5.41) is 4.47. The summed E-state index contributed by atoms with van der Waals surface area (Å²) < 4.78 is 57.0. The van der Waals surface area contributed by atoms with Crippen molar-refractivity contribution in [3.8, 4) is 5.75 Å². The summed E-state index contributed by atoms with van der Waals surface area (Å²) in [6, 6.07) is 12.0. The lowest BCUT2D eigenvalue weighted by Gasteiger charge is -2.21. The van der Waals surface area contributed by atoms with Gasteiger partial charge in [0.2, 0.25) is 10.0 Å². The van der Waals surface area contributed by atoms with Crippen LogP contribution in [0.1, 0.15) is 0 Å². The maximum Gasteiger partial charge on any atom is 0.477 e. The minimum Gasteiger partial charge on any atom is -0.421 e. The van der Waals surface area contributed by atoms with Crippen LogP contribution in [-0.2, 0) is 23.5 Å². The average molecular weight is 393 g/mol. The molecule has 9 nitrogen and oxygen atoms in total. The number of phosphoric acid groups is 1. The lowest BCUT2D eigenvalue weighted by atomic mass is 10.3. The van der Waals surface area contributed by atoms with E-state index in [2.05, 4.69) is 4.31 Å². The fourth-order valence-electron chi connectivity index (χ4n) is 1.79. The highest BCUT2D eigenvalue weighted by Gasteiger charge is 2.41. The van der Waals surface area contributed by atoms with Gasteiger partial charge in [-0.05, 0) is 24.3 Å². The second-order valence-electron chi connectivity index (χ2n) is 4.49. The molecule has 0 aliphatic rings. The Kier molecular flexibility index (Phi) is 5.31. The van der Waals surface area contributed by atoms with Gasteiger partial charge in [0.1, 0.15) is 5.75 Å². The van der Waals surface area contributed by atoms with Crippen LogP contribution in [0.3, 0.4) is 0 Å².